The molecule has 5 nitrogen and oxygen atoms in total. The Morgan fingerprint density at radius 1 is 1.60 bits per heavy atom. The maximum Gasteiger partial charge on any atom is 0.166 e. The zero-order valence-electron chi connectivity index (χ0n) is 11.2. The number of imidazole rings is 1. The second kappa shape index (κ2) is 5.73. The van der Waals surface area contributed by atoms with Crippen molar-refractivity contribution in [3.63, 3.8) is 0 Å². The van der Waals surface area contributed by atoms with Gasteiger partial charge in [0.25, 0.3) is 0 Å². The summed E-state index contributed by atoms with van der Waals surface area (Å²) in [7, 11) is 1.65. The Morgan fingerprint density at radius 2 is 2.45 bits per heavy atom. The molecule has 0 spiro atoms. The van der Waals surface area contributed by atoms with Crippen LogP contribution in [0.5, 0.6) is 5.75 Å². The van der Waals surface area contributed by atoms with E-state index in [0.717, 1.165) is 21.9 Å². The van der Waals surface area contributed by atoms with E-state index in [0.29, 0.717) is 11.8 Å². The molecular formula is C14H16N4OS. The number of hydrogen-bond acceptors (Lipinski definition) is 5. The molecule has 1 atom stereocenters. The number of nitriles is 1. The van der Waals surface area contributed by atoms with E-state index >= 15 is 0 Å². The maximum absolute atomic E-state index is 9.12. The monoisotopic (exact) mass is 288 g/mol. The number of aromatic nitrogens is 2. The summed E-state index contributed by atoms with van der Waals surface area (Å²) in [4.78, 5) is 7.76. The molecule has 1 heterocycles. The smallest absolute Gasteiger partial charge is 0.166 e. The molecule has 1 saturated carbocycles. The van der Waals surface area contributed by atoms with Gasteiger partial charge in [-0.05, 0) is 25.0 Å². The van der Waals surface area contributed by atoms with Gasteiger partial charge in [0, 0.05) is 17.9 Å². The fourth-order valence-corrected chi connectivity index (χ4v) is 2.82. The van der Waals surface area contributed by atoms with Crippen LogP contribution in [0.25, 0.3) is 11.0 Å². The van der Waals surface area contributed by atoms with Gasteiger partial charge in [-0.15, -0.1) is 0 Å². The van der Waals surface area contributed by atoms with Gasteiger partial charge in [-0.1, -0.05) is 11.8 Å². The minimum atomic E-state index is -0.116. The number of benzene rings is 1. The second-order valence-corrected chi connectivity index (χ2v) is 5.87. The van der Waals surface area contributed by atoms with Crippen molar-refractivity contribution in [3.8, 4) is 11.8 Å². The summed E-state index contributed by atoms with van der Waals surface area (Å²) in [5.74, 6) is 1.51. The lowest BCUT2D eigenvalue weighted by molar-refractivity contribution is 0.415. The average Bonchev–Trinajstić information content (AvgIpc) is 3.19. The normalized spacial score (nSPS) is 16.0. The first-order chi connectivity index (χ1) is 9.78. The van der Waals surface area contributed by atoms with Crippen molar-refractivity contribution < 1.29 is 4.74 Å². The number of rotatable bonds is 6. The molecule has 1 unspecified atom stereocenters. The number of nitrogens with one attached hydrogen (secondary N) is 2. The van der Waals surface area contributed by atoms with Crippen LogP contribution in [0.3, 0.4) is 0 Å². The van der Waals surface area contributed by atoms with Crippen LogP contribution in [0, 0.1) is 11.3 Å². The van der Waals surface area contributed by atoms with Gasteiger partial charge < -0.3 is 9.72 Å². The van der Waals surface area contributed by atoms with Crippen molar-refractivity contribution in [2.24, 2.45) is 0 Å². The molecule has 1 aliphatic carbocycles. The largest absolute Gasteiger partial charge is 0.497 e. The molecule has 2 N–H and O–H groups in total. The Bertz CT molecular complexity index is 644. The van der Waals surface area contributed by atoms with Crippen LogP contribution in [0.4, 0.5) is 0 Å². The summed E-state index contributed by atoms with van der Waals surface area (Å²) >= 11 is 1.57. The summed E-state index contributed by atoms with van der Waals surface area (Å²) in [6.07, 6.45) is 2.38. The summed E-state index contributed by atoms with van der Waals surface area (Å²) in [6, 6.07) is 8.48. The highest BCUT2D eigenvalue weighted by Crippen LogP contribution is 2.24. The van der Waals surface area contributed by atoms with Gasteiger partial charge in [-0.2, -0.15) is 5.26 Å². The van der Waals surface area contributed by atoms with E-state index in [1.165, 1.54) is 12.8 Å². The first kappa shape index (κ1) is 13.3. The van der Waals surface area contributed by atoms with Crippen LogP contribution < -0.4 is 10.1 Å². The molecule has 2 aromatic rings. The van der Waals surface area contributed by atoms with Gasteiger partial charge in [-0.25, -0.2) is 4.98 Å². The van der Waals surface area contributed by atoms with Gasteiger partial charge >= 0.3 is 0 Å². The molecule has 0 aliphatic heterocycles. The molecule has 0 saturated heterocycles. The Balaban J connectivity index is 1.66. The number of ether oxygens (including phenoxy) is 1. The van der Waals surface area contributed by atoms with E-state index < -0.39 is 0 Å². The number of H-pyrrole nitrogens is 1. The summed E-state index contributed by atoms with van der Waals surface area (Å²) < 4.78 is 5.19. The van der Waals surface area contributed by atoms with Crippen molar-refractivity contribution in [1.82, 2.24) is 15.3 Å². The highest BCUT2D eigenvalue weighted by Gasteiger charge is 2.24. The van der Waals surface area contributed by atoms with Gasteiger partial charge in [-0.3, -0.25) is 5.32 Å². The van der Waals surface area contributed by atoms with Gasteiger partial charge in [0.15, 0.2) is 5.16 Å². The molecule has 6 heteroatoms. The van der Waals surface area contributed by atoms with Crippen LogP contribution in [0.15, 0.2) is 23.4 Å². The fraction of sp³-hybridized carbons (Fsp3) is 0.429. The highest BCUT2D eigenvalue weighted by molar-refractivity contribution is 7.99. The van der Waals surface area contributed by atoms with Crippen LogP contribution in [-0.2, 0) is 0 Å². The Labute approximate surface area is 121 Å². The number of nitrogens with zero attached hydrogens (tertiary/aromatic N) is 2. The minimum Gasteiger partial charge on any atom is -0.497 e. The first-order valence-corrected chi connectivity index (χ1v) is 7.59. The fourth-order valence-electron chi connectivity index (χ4n) is 1.98. The van der Waals surface area contributed by atoms with Crippen molar-refractivity contribution in [2.45, 2.75) is 30.1 Å². The number of aromatic amines is 1. The molecule has 1 aromatic carbocycles. The molecule has 0 bridgehead atoms. The van der Waals surface area contributed by atoms with E-state index in [4.69, 9.17) is 10.00 Å². The summed E-state index contributed by atoms with van der Waals surface area (Å²) in [6.45, 7) is 0. The third-order valence-corrected chi connectivity index (χ3v) is 4.19. The van der Waals surface area contributed by atoms with E-state index in [9.17, 15) is 0 Å². The third-order valence-electron chi connectivity index (χ3n) is 3.22. The molecule has 0 radical (unpaired) electrons. The van der Waals surface area contributed by atoms with Gasteiger partial charge in [0.1, 0.15) is 11.8 Å². The average molecular weight is 288 g/mol. The van der Waals surface area contributed by atoms with Gasteiger partial charge in [0.05, 0.1) is 24.2 Å². The summed E-state index contributed by atoms with van der Waals surface area (Å²) in [5.41, 5.74) is 1.87. The number of methoxy groups -OCH3 is 1. The van der Waals surface area contributed by atoms with Crippen molar-refractivity contribution in [3.05, 3.63) is 18.2 Å². The number of hydrogen-bond donors (Lipinski definition) is 2. The molecule has 1 aromatic heterocycles. The standard InChI is InChI=1S/C14H16N4OS/c1-19-11-4-5-12-13(6-11)18-14(17-12)20-8-10(7-15)16-9-2-3-9/h4-6,9-10,16H,2-3,8H2,1H3,(H,17,18). The minimum absolute atomic E-state index is 0.116. The molecule has 1 aliphatic rings. The van der Waals surface area contributed by atoms with Crippen molar-refractivity contribution in [1.29, 1.82) is 5.26 Å². The Hall–Kier alpha value is -1.71. The zero-order valence-corrected chi connectivity index (χ0v) is 12.0. The van der Waals surface area contributed by atoms with E-state index in [2.05, 4.69) is 21.4 Å². The summed E-state index contributed by atoms with van der Waals surface area (Å²) in [5, 5.41) is 13.3. The highest BCUT2D eigenvalue weighted by atomic mass is 32.2. The lowest BCUT2D eigenvalue weighted by Crippen LogP contribution is -2.31. The molecule has 0 amide bonds. The Morgan fingerprint density at radius 3 is 3.15 bits per heavy atom. The predicted octanol–water partition coefficient (Wildman–Crippen LogP) is 2.31. The van der Waals surface area contributed by atoms with Crippen molar-refractivity contribution in [2.75, 3.05) is 12.9 Å². The van der Waals surface area contributed by atoms with E-state index in [1.807, 2.05) is 18.2 Å². The lowest BCUT2D eigenvalue weighted by Gasteiger charge is -2.08. The number of fused-ring (bicyclic) bond motifs is 1. The molecule has 1 fully saturated rings. The zero-order chi connectivity index (χ0) is 13.9. The third kappa shape index (κ3) is 3.06. The molecule has 3 rings (SSSR count). The first-order valence-electron chi connectivity index (χ1n) is 6.60. The Kier molecular flexibility index (Phi) is 3.81. The van der Waals surface area contributed by atoms with Crippen molar-refractivity contribution >= 4 is 22.8 Å². The SMILES string of the molecule is COc1ccc2nc(SCC(C#N)NC3CC3)[nH]c2c1. The van der Waals surface area contributed by atoms with Crippen LogP contribution in [0.1, 0.15) is 12.8 Å². The molecular weight excluding hydrogens is 272 g/mol. The van der Waals surface area contributed by atoms with Crippen LogP contribution >= 0.6 is 11.8 Å². The van der Waals surface area contributed by atoms with Crippen LogP contribution in [-0.4, -0.2) is 34.9 Å². The van der Waals surface area contributed by atoms with Gasteiger partial charge in [0.2, 0.25) is 0 Å². The number of thioether (sulfide) groups is 1. The maximum atomic E-state index is 9.12. The topological polar surface area (TPSA) is 73.7 Å². The van der Waals surface area contributed by atoms with E-state index in [-0.39, 0.29) is 6.04 Å². The molecule has 104 valence electrons. The second-order valence-electron chi connectivity index (χ2n) is 4.86. The lowest BCUT2D eigenvalue weighted by atomic mass is 10.3. The van der Waals surface area contributed by atoms with Crippen LogP contribution in [0.2, 0.25) is 0 Å². The predicted molar refractivity (Wildman–Crippen MR) is 78.9 cm³/mol. The van der Waals surface area contributed by atoms with E-state index in [1.54, 1.807) is 18.9 Å². The quantitative estimate of drug-likeness (QED) is 0.798. The molecule has 20 heavy (non-hydrogen) atoms.